The Morgan fingerprint density at radius 1 is 1.73 bits per heavy atom. The molecule has 60 valence electrons. The summed E-state index contributed by atoms with van der Waals surface area (Å²) >= 11 is 5.67. The van der Waals surface area contributed by atoms with Crippen LogP contribution in [0.3, 0.4) is 0 Å². The van der Waals surface area contributed by atoms with Gasteiger partial charge in [0.25, 0.3) is 5.56 Å². The highest BCUT2D eigenvalue weighted by Crippen LogP contribution is 2.12. The molecule has 1 rings (SSSR count). The third-order valence-electron chi connectivity index (χ3n) is 1.56. The van der Waals surface area contributed by atoms with Crippen LogP contribution in [-0.4, -0.2) is 4.98 Å². The highest BCUT2D eigenvalue weighted by atomic mass is 35.5. The molecule has 0 unspecified atom stereocenters. The molecule has 0 aliphatic rings. The fraction of sp³-hybridized carbons (Fsp3) is 0.286. The lowest BCUT2D eigenvalue weighted by molar-refractivity contribution is 1.02. The maximum Gasteiger partial charge on any atom is 0.267 e. The maximum absolute atomic E-state index is 10.9. The third kappa shape index (κ3) is 1.44. The van der Waals surface area contributed by atoms with Crippen LogP contribution in [-0.2, 0) is 6.54 Å². The first kappa shape index (κ1) is 8.30. The van der Waals surface area contributed by atoms with Crippen molar-refractivity contribution in [3.63, 3.8) is 0 Å². The fourth-order valence-corrected chi connectivity index (χ4v) is 1.17. The molecule has 3 N–H and O–H groups in total. The van der Waals surface area contributed by atoms with Crippen molar-refractivity contribution >= 4 is 11.6 Å². The summed E-state index contributed by atoms with van der Waals surface area (Å²) in [5.74, 6) is 0. The molecular formula is C7H9ClN2O. The Labute approximate surface area is 69.2 Å². The maximum atomic E-state index is 10.9. The minimum atomic E-state index is -0.280. The van der Waals surface area contributed by atoms with Gasteiger partial charge in [0.2, 0.25) is 0 Å². The number of halogens is 1. The van der Waals surface area contributed by atoms with Crippen LogP contribution in [0.5, 0.6) is 0 Å². The van der Waals surface area contributed by atoms with E-state index in [0.29, 0.717) is 6.54 Å². The highest BCUT2D eigenvalue weighted by molar-refractivity contribution is 6.31. The summed E-state index contributed by atoms with van der Waals surface area (Å²) in [6, 6.07) is 0. The Kier molecular flexibility index (Phi) is 2.31. The summed E-state index contributed by atoms with van der Waals surface area (Å²) in [4.78, 5) is 13.4. The number of H-pyrrole nitrogens is 1. The third-order valence-corrected chi connectivity index (χ3v) is 1.96. The molecule has 0 saturated carbocycles. The van der Waals surface area contributed by atoms with Gasteiger partial charge >= 0.3 is 0 Å². The number of hydrogen-bond acceptors (Lipinski definition) is 2. The number of nitrogens with two attached hydrogens (primary N) is 1. The average Bonchev–Trinajstić information content (AvgIpc) is 1.99. The van der Waals surface area contributed by atoms with Crippen LogP contribution < -0.4 is 11.3 Å². The smallest absolute Gasteiger partial charge is 0.267 e. The van der Waals surface area contributed by atoms with Crippen LogP contribution >= 0.6 is 11.6 Å². The first-order valence-corrected chi connectivity index (χ1v) is 3.61. The zero-order valence-electron chi connectivity index (χ0n) is 6.15. The van der Waals surface area contributed by atoms with Gasteiger partial charge in [-0.25, -0.2) is 0 Å². The van der Waals surface area contributed by atoms with Crippen molar-refractivity contribution < 1.29 is 0 Å². The van der Waals surface area contributed by atoms with Gasteiger partial charge in [0.05, 0.1) is 0 Å². The van der Waals surface area contributed by atoms with Crippen LogP contribution in [0.1, 0.15) is 11.1 Å². The average molecular weight is 173 g/mol. The topological polar surface area (TPSA) is 58.9 Å². The molecule has 4 heteroatoms. The zero-order valence-corrected chi connectivity index (χ0v) is 6.90. The molecule has 0 atom stereocenters. The van der Waals surface area contributed by atoms with E-state index in [1.807, 2.05) is 6.92 Å². The molecule has 0 fully saturated rings. The van der Waals surface area contributed by atoms with Gasteiger partial charge in [0.15, 0.2) is 0 Å². The molecule has 0 bridgehead atoms. The predicted molar refractivity (Wildman–Crippen MR) is 44.7 cm³/mol. The highest BCUT2D eigenvalue weighted by Gasteiger charge is 2.04. The van der Waals surface area contributed by atoms with Crippen LogP contribution in [0.25, 0.3) is 0 Å². The van der Waals surface area contributed by atoms with Crippen LogP contribution in [0.15, 0.2) is 11.0 Å². The number of aromatic amines is 1. The second-order valence-corrected chi connectivity index (χ2v) is 2.68. The van der Waals surface area contributed by atoms with Gasteiger partial charge in [0.1, 0.15) is 5.02 Å². The fourth-order valence-electron chi connectivity index (χ4n) is 0.885. The molecule has 0 radical (unpaired) electrons. The molecular weight excluding hydrogens is 164 g/mol. The lowest BCUT2D eigenvalue weighted by Gasteiger charge is -2.02. The van der Waals surface area contributed by atoms with Gasteiger partial charge in [-0.1, -0.05) is 11.6 Å². The Morgan fingerprint density at radius 2 is 2.36 bits per heavy atom. The summed E-state index contributed by atoms with van der Waals surface area (Å²) in [6.07, 6.45) is 1.61. The van der Waals surface area contributed by atoms with E-state index < -0.39 is 0 Å². The van der Waals surface area contributed by atoms with E-state index in [-0.39, 0.29) is 10.6 Å². The Morgan fingerprint density at radius 3 is 2.82 bits per heavy atom. The first-order chi connectivity index (χ1) is 5.16. The molecule has 1 aromatic heterocycles. The van der Waals surface area contributed by atoms with Crippen molar-refractivity contribution in [3.05, 3.63) is 32.7 Å². The van der Waals surface area contributed by atoms with E-state index in [1.54, 1.807) is 6.20 Å². The molecule has 3 nitrogen and oxygen atoms in total. The molecule has 1 aromatic rings. The van der Waals surface area contributed by atoms with E-state index in [0.717, 1.165) is 11.1 Å². The minimum absolute atomic E-state index is 0.201. The first-order valence-electron chi connectivity index (χ1n) is 3.23. The Hall–Kier alpha value is -0.800. The number of rotatable bonds is 1. The number of aromatic nitrogens is 1. The molecule has 0 aliphatic carbocycles. The van der Waals surface area contributed by atoms with E-state index in [4.69, 9.17) is 17.3 Å². The van der Waals surface area contributed by atoms with Crippen LogP contribution in [0, 0.1) is 6.92 Å². The lowest BCUT2D eigenvalue weighted by atomic mass is 10.1. The van der Waals surface area contributed by atoms with Crippen LogP contribution in [0.2, 0.25) is 5.02 Å². The molecule has 0 aromatic carbocycles. The second kappa shape index (κ2) is 3.07. The van der Waals surface area contributed by atoms with E-state index >= 15 is 0 Å². The summed E-state index contributed by atoms with van der Waals surface area (Å²) in [7, 11) is 0. The normalized spacial score (nSPS) is 10.1. The zero-order chi connectivity index (χ0) is 8.43. The van der Waals surface area contributed by atoms with Crippen molar-refractivity contribution in [3.8, 4) is 0 Å². The Balaban J connectivity index is 3.41. The summed E-state index contributed by atoms with van der Waals surface area (Å²) < 4.78 is 0. The molecule has 11 heavy (non-hydrogen) atoms. The molecule has 1 heterocycles. The van der Waals surface area contributed by atoms with E-state index in [2.05, 4.69) is 4.98 Å². The van der Waals surface area contributed by atoms with Crippen molar-refractivity contribution in [1.29, 1.82) is 0 Å². The minimum Gasteiger partial charge on any atom is -0.328 e. The van der Waals surface area contributed by atoms with Crippen LogP contribution in [0.4, 0.5) is 0 Å². The second-order valence-electron chi connectivity index (χ2n) is 2.30. The number of aryl methyl sites for hydroxylation is 1. The summed E-state index contributed by atoms with van der Waals surface area (Å²) in [5, 5.41) is 0.201. The molecule has 0 aliphatic heterocycles. The lowest BCUT2D eigenvalue weighted by Crippen LogP contribution is -2.12. The number of nitrogens with one attached hydrogen (secondary N) is 1. The van der Waals surface area contributed by atoms with Gasteiger partial charge in [-0.2, -0.15) is 0 Å². The van der Waals surface area contributed by atoms with E-state index in [1.165, 1.54) is 0 Å². The predicted octanol–water partition coefficient (Wildman–Crippen LogP) is 0.795. The van der Waals surface area contributed by atoms with Gasteiger partial charge in [-0.3, -0.25) is 4.79 Å². The molecule has 0 amide bonds. The number of pyridine rings is 1. The van der Waals surface area contributed by atoms with E-state index in [9.17, 15) is 4.79 Å². The van der Waals surface area contributed by atoms with Crippen molar-refractivity contribution in [2.75, 3.05) is 0 Å². The standard InChI is InChI=1S/C7H9ClN2O/c1-4-3-10-7(11)6(8)5(4)2-9/h3H,2,9H2,1H3,(H,10,11). The molecule has 0 spiro atoms. The largest absolute Gasteiger partial charge is 0.328 e. The van der Waals surface area contributed by atoms with Crippen molar-refractivity contribution in [1.82, 2.24) is 4.98 Å². The van der Waals surface area contributed by atoms with Gasteiger partial charge in [-0.05, 0) is 18.1 Å². The van der Waals surface area contributed by atoms with Gasteiger partial charge < -0.3 is 10.7 Å². The Bertz CT molecular complexity index is 319. The monoisotopic (exact) mass is 172 g/mol. The summed E-state index contributed by atoms with van der Waals surface area (Å²) in [6.45, 7) is 2.15. The summed E-state index contributed by atoms with van der Waals surface area (Å²) in [5.41, 5.74) is 6.74. The molecule has 0 saturated heterocycles. The quantitative estimate of drug-likeness (QED) is 0.658. The van der Waals surface area contributed by atoms with Crippen molar-refractivity contribution in [2.45, 2.75) is 13.5 Å². The van der Waals surface area contributed by atoms with Crippen molar-refractivity contribution in [2.24, 2.45) is 5.73 Å². The van der Waals surface area contributed by atoms with Gasteiger partial charge in [-0.15, -0.1) is 0 Å². The SMILES string of the molecule is Cc1c[nH]c(=O)c(Cl)c1CN. The number of hydrogen-bond donors (Lipinski definition) is 2. The van der Waals surface area contributed by atoms with Gasteiger partial charge in [0, 0.05) is 12.7 Å².